The molecule has 0 aliphatic carbocycles. The highest BCUT2D eigenvalue weighted by atomic mass is 19.4. The second-order valence-electron chi connectivity index (χ2n) is 7.71. The molecule has 0 bridgehead atoms. The number of nitrogens with zero attached hydrogens (tertiary/aromatic N) is 2. The number of rotatable bonds is 5. The van der Waals surface area contributed by atoms with Gasteiger partial charge in [0.1, 0.15) is 41.0 Å². The fourth-order valence-corrected chi connectivity index (χ4v) is 3.75. The molecule has 3 aromatic rings. The molecule has 0 radical (unpaired) electrons. The van der Waals surface area contributed by atoms with E-state index in [1.54, 1.807) is 48.5 Å². The summed E-state index contributed by atoms with van der Waals surface area (Å²) in [5.74, 6) is -1.26. The van der Waals surface area contributed by atoms with E-state index in [0.29, 0.717) is 5.75 Å². The van der Waals surface area contributed by atoms with Crippen LogP contribution >= 0.6 is 0 Å². The first-order valence-electron chi connectivity index (χ1n) is 10.1. The maximum absolute atomic E-state index is 13.5. The zero-order valence-electron chi connectivity index (χ0n) is 17.5. The number of halogens is 3. The summed E-state index contributed by atoms with van der Waals surface area (Å²) in [6.45, 7) is 1.21. The number of hydrazone groups is 1. The molecule has 0 spiro atoms. The van der Waals surface area contributed by atoms with Crippen LogP contribution in [0.2, 0.25) is 0 Å². The van der Waals surface area contributed by atoms with Crippen LogP contribution in [0.15, 0.2) is 71.8 Å². The third kappa shape index (κ3) is 4.52. The molecule has 2 unspecified atom stereocenters. The summed E-state index contributed by atoms with van der Waals surface area (Å²) in [7, 11) is 0. The van der Waals surface area contributed by atoms with Crippen molar-refractivity contribution in [2.75, 3.05) is 11.6 Å². The van der Waals surface area contributed by atoms with Crippen LogP contribution in [0.25, 0.3) is 11.1 Å². The first-order chi connectivity index (χ1) is 15.6. The Bertz CT molecular complexity index is 1140. The van der Waals surface area contributed by atoms with Crippen molar-refractivity contribution in [1.29, 1.82) is 0 Å². The first-order valence-corrected chi connectivity index (χ1v) is 10.1. The molecule has 9 heteroatoms. The van der Waals surface area contributed by atoms with Crippen LogP contribution in [-0.4, -0.2) is 39.9 Å². The molecule has 1 aliphatic heterocycles. The molecule has 3 N–H and O–H groups in total. The number of hydrogen-bond donors (Lipinski definition) is 3. The van der Waals surface area contributed by atoms with Gasteiger partial charge in [0, 0.05) is 5.92 Å². The van der Waals surface area contributed by atoms with Crippen LogP contribution in [0, 0.1) is 5.92 Å². The average molecular weight is 458 g/mol. The normalized spacial score (nSPS) is 18.3. The Hall–Kier alpha value is -3.88. The predicted molar refractivity (Wildman–Crippen MR) is 118 cm³/mol. The summed E-state index contributed by atoms with van der Waals surface area (Å²) in [5.41, 5.74) is 0.537. The largest absolute Gasteiger partial charge is 0.508 e. The van der Waals surface area contributed by atoms with Gasteiger partial charge >= 0.3 is 6.18 Å². The number of phenols is 3. The molecule has 0 aromatic heterocycles. The van der Waals surface area contributed by atoms with Gasteiger partial charge < -0.3 is 20.1 Å². The number of anilines is 1. The van der Waals surface area contributed by atoms with Gasteiger partial charge in [0.15, 0.2) is 0 Å². The van der Waals surface area contributed by atoms with E-state index in [1.807, 2.05) is 0 Å². The van der Waals surface area contributed by atoms with E-state index in [-0.39, 0.29) is 18.0 Å². The quantitative estimate of drug-likeness (QED) is 0.484. The summed E-state index contributed by atoms with van der Waals surface area (Å²) in [4.78, 5) is 0. The van der Waals surface area contributed by atoms with Crippen molar-refractivity contribution in [3.8, 4) is 34.1 Å². The Balaban J connectivity index is 1.56. The molecule has 3 aromatic carbocycles. The maximum atomic E-state index is 13.5. The van der Waals surface area contributed by atoms with E-state index in [4.69, 9.17) is 4.74 Å². The van der Waals surface area contributed by atoms with Crippen molar-refractivity contribution in [2.45, 2.75) is 19.1 Å². The van der Waals surface area contributed by atoms with Crippen molar-refractivity contribution in [1.82, 2.24) is 0 Å². The fourth-order valence-electron chi connectivity index (χ4n) is 3.75. The molecule has 1 heterocycles. The molecule has 6 nitrogen and oxygen atoms in total. The Morgan fingerprint density at radius 3 is 1.97 bits per heavy atom. The number of phenolic OH excluding ortho intramolecular Hbond substituents is 3. The zero-order chi connectivity index (χ0) is 23.8. The van der Waals surface area contributed by atoms with E-state index in [1.165, 1.54) is 25.1 Å². The molecule has 172 valence electrons. The molecule has 1 aliphatic rings. The number of ether oxygens (including phenoxy) is 1. The highest BCUT2D eigenvalue weighted by molar-refractivity contribution is 5.96. The second kappa shape index (κ2) is 8.57. The summed E-state index contributed by atoms with van der Waals surface area (Å²) < 4.78 is 46.4. The lowest BCUT2D eigenvalue weighted by atomic mass is 9.97. The molecule has 0 saturated carbocycles. The Kier molecular flexibility index (Phi) is 5.80. The van der Waals surface area contributed by atoms with Crippen molar-refractivity contribution in [3.63, 3.8) is 0 Å². The topological polar surface area (TPSA) is 85.5 Å². The molecule has 0 fully saturated rings. The van der Waals surface area contributed by atoms with Crippen LogP contribution in [0.1, 0.15) is 6.92 Å². The molecule has 4 rings (SSSR count). The lowest BCUT2D eigenvalue weighted by Crippen LogP contribution is -2.39. The van der Waals surface area contributed by atoms with E-state index in [0.717, 1.165) is 16.1 Å². The van der Waals surface area contributed by atoms with Gasteiger partial charge in [-0.3, -0.25) is 5.01 Å². The minimum absolute atomic E-state index is 0.157. The lowest BCUT2D eigenvalue weighted by Gasteiger charge is -2.27. The van der Waals surface area contributed by atoms with Crippen LogP contribution < -0.4 is 9.75 Å². The Labute approximate surface area is 187 Å². The second-order valence-corrected chi connectivity index (χ2v) is 7.71. The first kappa shape index (κ1) is 22.3. The van der Waals surface area contributed by atoms with Gasteiger partial charge in [0.05, 0.1) is 6.04 Å². The number of benzene rings is 3. The highest BCUT2D eigenvalue weighted by Gasteiger charge is 2.49. The number of hydrogen-bond acceptors (Lipinski definition) is 6. The molecule has 2 atom stereocenters. The van der Waals surface area contributed by atoms with Crippen molar-refractivity contribution < 1.29 is 33.2 Å². The minimum atomic E-state index is -4.67. The highest BCUT2D eigenvalue weighted by Crippen LogP contribution is 2.43. The van der Waals surface area contributed by atoms with Crippen LogP contribution in [-0.2, 0) is 0 Å². The predicted octanol–water partition coefficient (Wildman–Crippen LogP) is 5.29. The third-order valence-electron chi connectivity index (χ3n) is 5.53. The standard InChI is InChI=1S/C24H21F3N2O4/c1-14-19(13-33-18-11-7-16(8-12-18)15-5-9-17(30)10-6-15)29(28-23(14)24(25,26)27)22-20(31)3-2-4-21(22)32/h2-12,14,19,30-32H,13H2,1H3. The van der Waals surface area contributed by atoms with Crippen LogP contribution in [0.3, 0.4) is 0 Å². The van der Waals surface area contributed by atoms with Crippen molar-refractivity contribution in [2.24, 2.45) is 11.0 Å². The van der Waals surface area contributed by atoms with Gasteiger partial charge in [0.2, 0.25) is 0 Å². The SMILES string of the molecule is CC1C(C(F)(F)F)=NN(c2c(O)cccc2O)C1COc1ccc(-c2ccc(O)cc2)cc1. The van der Waals surface area contributed by atoms with Gasteiger partial charge in [-0.1, -0.05) is 37.3 Å². The Morgan fingerprint density at radius 1 is 0.879 bits per heavy atom. The van der Waals surface area contributed by atoms with Crippen molar-refractivity contribution in [3.05, 3.63) is 66.7 Å². The molecular formula is C24H21F3N2O4. The van der Waals surface area contributed by atoms with Gasteiger partial charge in [-0.15, -0.1) is 0 Å². The zero-order valence-corrected chi connectivity index (χ0v) is 17.5. The number of aromatic hydroxyl groups is 3. The third-order valence-corrected chi connectivity index (χ3v) is 5.53. The fraction of sp³-hybridized carbons (Fsp3) is 0.208. The monoisotopic (exact) mass is 458 g/mol. The van der Waals surface area contributed by atoms with Gasteiger partial charge in [-0.25, -0.2) is 0 Å². The molecule has 0 amide bonds. The molecule has 33 heavy (non-hydrogen) atoms. The summed E-state index contributed by atoms with van der Waals surface area (Å²) in [6, 6.07) is 16.6. The van der Waals surface area contributed by atoms with Crippen LogP contribution in [0.4, 0.5) is 18.9 Å². The maximum Gasteiger partial charge on any atom is 0.431 e. The number of alkyl halides is 3. The smallest absolute Gasteiger partial charge is 0.431 e. The van der Waals surface area contributed by atoms with E-state index < -0.39 is 35.3 Å². The lowest BCUT2D eigenvalue weighted by molar-refractivity contribution is -0.0621. The van der Waals surface area contributed by atoms with E-state index in [9.17, 15) is 28.5 Å². The Morgan fingerprint density at radius 2 is 1.42 bits per heavy atom. The van der Waals surface area contributed by atoms with Gasteiger partial charge in [0.25, 0.3) is 0 Å². The van der Waals surface area contributed by atoms with Crippen LogP contribution in [0.5, 0.6) is 23.0 Å². The van der Waals surface area contributed by atoms with Gasteiger partial charge in [-0.2, -0.15) is 18.3 Å². The van der Waals surface area contributed by atoms with E-state index >= 15 is 0 Å². The van der Waals surface area contributed by atoms with E-state index in [2.05, 4.69) is 5.10 Å². The minimum Gasteiger partial charge on any atom is -0.508 e. The van der Waals surface area contributed by atoms with Gasteiger partial charge in [-0.05, 0) is 47.5 Å². The molecule has 0 saturated heterocycles. The van der Waals surface area contributed by atoms with Crippen molar-refractivity contribution >= 4 is 11.4 Å². The average Bonchev–Trinajstić information content (AvgIpc) is 3.09. The molecular weight excluding hydrogens is 437 g/mol. The summed E-state index contributed by atoms with van der Waals surface area (Å²) in [6.07, 6.45) is -4.67. The number of para-hydroxylation sites is 1. The summed E-state index contributed by atoms with van der Waals surface area (Å²) in [5, 5.41) is 34.4. The summed E-state index contributed by atoms with van der Waals surface area (Å²) >= 11 is 0.